The molecule has 6 heteroatoms. The highest BCUT2D eigenvalue weighted by molar-refractivity contribution is 5.96. The highest BCUT2D eigenvalue weighted by atomic mass is 16.5. The first-order valence-corrected chi connectivity index (χ1v) is 8.84. The number of amides is 1. The van der Waals surface area contributed by atoms with Crippen LogP contribution < -0.4 is 14.8 Å². The van der Waals surface area contributed by atoms with Crippen molar-refractivity contribution in [2.75, 3.05) is 5.32 Å². The average molecular weight is 371 g/mol. The molecule has 0 spiro atoms. The van der Waals surface area contributed by atoms with Crippen molar-refractivity contribution < 1.29 is 24.2 Å². The highest BCUT2D eigenvalue weighted by Gasteiger charge is 2.14. The van der Waals surface area contributed by atoms with E-state index >= 15 is 0 Å². The van der Waals surface area contributed by atoms with E-state index < -0.39 is 5.97 Å². The van der Waals surface area contributed by atoms with Crippen molar-refractivity contribution in [3.63, 3.8) is 0 Å². The molecular formula is C21H25NO5. The summed E-state index contributed by atoms with van der Waals surface area (Å²) in [6.45, 7) is 7.59. The van der Waals surface area contributed by atoms with Crippen LogP contribution in [0, 0.1) is 0 Å². The second kappa shape index (κ2) is 9.07. The summed E-state index contributed by atoms with van der Waals surface area (Å²) in [5.74, 6) is -0.208. The summed E-state index contributed by atoms with van der Waals surface area (Å²) in [5.41, 5.74) is 1.21. The minimum atomic E-state index is -1.07. The van der Waals surface area contributed by atoms with Crippen LogP contribution in [0.15, 0.2) is 42.5 Å². The second-order valence-corrected chi connectivity index (χ2v) is 6.72. The number of rotatable bonds is 8. The maximum atomic E-state index is 12.5. The lowest BCUT2D eigenvalue weighted by atomic mass is 10.1. The molecule has 0 heterocycles. The first-order chi connectivity index (χ1) is 12.7. The van der Waals surface area contributed by atoms with Crippen LogP contribution in [0.2, 0.25) is 0 Å². The maximum absolute atomic E-state index is 12.5. The molecular weight excluding hydrogens is 346 g/mol. The van der Waals surface area contributed by atoms with Gasteiger partial charge in [0.2, 0.25) is 5.91 Å². The first kappa shape index (κ1) is 20.3. The number of carboxylic acid groups (broad SMARTS) is 1. The molecule has 1 amide bonds. The molecule has 2 N–H and O–H groups in total. The van der Waals surface area contributed by atoms with E-state index in [1.165, 1.54) is 12.1 Å². The summed E-state index contributed by atoms with van der Waals surface area (Å²) in [6, 6.07) is 11.7. The lowest BCUT2D eigenvalue weighted by Gasteiger charge is -2.16. The van der Waals surface area contributed by atoms with Gasteiger partial charge in [0.15, 0.2) is 0 Å². The number of benzene rings is 2. The Hall–Kier alpha value is -3.02. The smallest absolute Gasteiger partial charge is 0.335 e. The molecule has 0 saturated heterocycles. The third-order valence-corrected chi connectivity index (χ3v) is 3.50. The van der Waals surface area contributed by atoms with Crippen molar-refractivity contribution in [1.29, 1.82) is 0 Å². The third-order valence-electron chi connectivity index (χ3n) is 3.50. The standard InChI is InChI=1S/C21H25NO5/c1-13(2)26-17-7-5-6-15(10-17)11-20(23)22-18-12-16(21(24)25)8-9-19(18)27-14(3)4/h5-10,12-14H,11H2,1-4H3,(H,22,23)(H,24,25). The van der Waals surface area contributed by atoms with E-state index in [1.54, 1.807) is 6.07 Å². The Morgan fingerprint density at radius 2 is 1.70 bits per heavy atom. The van der Waals surface area contributed by atoms with Crippen molar-refractivity contribution >= 4 is 17.6 Å². The number of carbonyl (C=O) groups excluding carboxylic acids is 1. The van der Waals surface area contributed by atoms with Crippen LogP contribution in [0.5, 0.6) is 11.5 Å². The van der Waals surface area contributed by atoms with Gasteiger partial charge in [-0.25, -0.2) is 4.79 Å². The Morgan fingerprint density at radius 3 is 2.33 bits per heavy atom. The molecule has 144 valence electrons. The van der Waals surface area contributed by atoms with Crippen LogP contribution >= 0.6 is 0 Å². The minimum absolute atomic E-state index is 0.0450. The van der Waals surface area contributed by atoms with Gasteiger partial charge in [-0.1, -0.05) is 12.1 Å². The number of anilines is 1. The van der Waals surface area contributed by atoms with Gasteiger partial charge in [-0.15, -0.1) is 0 Å². The van der Waals surface area contributed by atoms with Crippen LogP contribution in [0.4, 0.5) is 5.69 Å². The second-order valence-electron chi connectivity index (χ2n) is 6.72. The SMILES string of the molecule is CC(C)Oc1cccc(CC(=O)Nc2cc(C(=O)O)ccc2OC(C)C)c1. The summed E-state index contributed by atoms with van der Waals surface area (Å²) >= 11 is 0. The number of ether oxygens (including phenoxy) is 2. The van der Waals surface area contributed by atoms with E-state index in [1.807, 2.05) is 52.0 Å². The fourth-order valence-electron chi connectivity index (χ4n) is 2.50. The van der Waals surface area contributed by atoms with Gasteiger partial charge >= 0.3 is 5.97 Å². The lowest BCUT2D eigenvalue weighted by Crippen LogP contribution is -2.17. The molecule has 2 rings (SSSR count). The lowest BCUT2D eigenvalue weighted by molar-refractivity contribution is -0.115. The van der Waals surface area contributed by atoms with Crippen LogP contribution in [-0.4, -0.2) is 29.2 Å². The van der Waals surface area contributed by atoms with Gasteiger partial charge in [0.25, 0.3) is 0 Å². The van der Waals surface area contributed by atoms with Crippen molar-refractivity contribution in [3.05, 3.63) is 53.6 Å². The molecule has 0 aliphatic carbocycles. The van der Waals surface area contributed by atoms with Crippen molar-refractivity contribution in [2.45, 2.75) is 46.3 Å². The molecule has 6 nitrogen and oxygen atoms in total. The molecule has 2 aromatic carbocycles. The molecule has 0 aliphatic heterocycles. The molecule has 0 aromatic heterocycles. The Kier molecular flexibility index (Phi) is 6.82. The predicted molar refractivity (Wildman–Crippen MR) is 104 cm³/mol. The zero-order valence-electron chi connectivity index (χ0n) is 16.0. The Balaban J connectivity index is 2.16. The van der Waals surface area contributed by atoms with Gasteiger partial charge in [0, 0.05) is 0 Å². The van der Waals surface area contributed by atoms with Crippen LogP contribution in [0.1, 0.15) is 43.6 Å². The molecule has 0 bridgehead atoms. The molecule has 0 radical (unpaired) electrons. The van der Waals surface area contributed by atoms with Crippen LogP contribution in [0.3, 0.4) is 0 Å². The summed E-state index contributed by atoms with van der Waals surface area (Å²) in [4.78, 5) is 23.7. The summed E-state index contributed by atoms with van der Waals surface area (Å²) < 4.78 is 11.3. The van der Waals surface area contributed by atoms with Crippen LogP contribution in [-0.2, 0) is 11.2 Å². The van der Waals surface area contributed by atoms with Gasteiger partial charge in [-0.3, -0.25) is 4.79 Å². The molecule has 0 aliphatic rings. The number of carbonyl (C=O) groups is 2. The summed E-state index contributed by atoms with van der Waals surface area (Å²) in [5, 5.41) is 11.9. The van der Waals surface area contributed by atoms with Gasteiger partial charge in [0.1, 0.15) is 11.5 Å². The number of carboxylic acids is 1. The molecule has 0 fully saturated rings. The zero-order valence-corrected chi connectivity index (χ0v) is 16.0. The van der Waals surface area contributed by atoms with E-state index in [2.05, 4.69) is 5.32 Å². The topological polar surface area (TPSA) is 84.9 Å². The molecule has 2 aromatic rings. The van der Waals surface area contributed by atoms with E-state index in [-0.39, 0.29) is 30.1 Å². The first-order valence-electron chi connectivity index (χ1n) is 8.84. The largest absolute Gasteiger partial charge is 0.491 e. The van der Waals surface area contributed by atoms with Crippen molar-refractivity contribution in [2.24, 2.45) is 0 Å². The van der Waals surface area contributed by atoms with E-state index in [0.29, 0.717) is 17.2 Å². The fraction of sp³-hybridized carbons (Fsp3) is 0.333. The molecule has 0 saturated carbocycles. The normalized spacial score (nSPS) is 10.7. The van der Waals surface area contributed by atoms with E-state index in [9.17, 15) is 14.7 Å². The third kappa shape index (κ3) is 6.33. The van der Waals surface area contributed by atoms with E-state index in [0.717, 1.165) is 5.56 Å². The average Bonchev–Trinajstić information content (AvgIpc) is 2.55. The Morgan fingerprint density at radius 1 is 1.00 bits per heavy atom. The van der Waals surface area contributed by atoms with E-state index in [4.69, 9.17) is 9.47 Å². The Labute approximate surface area is 159 Å². The summed E-state index contributed by atoms with van der Waals surface area (Å²) in [7, 11) is 0. The molecule has 27 heavy (non-hydrogen) atoms. The van der Waals surface area contributed by atoms with Crippen molar-refractivity contribution in [3.8, 4) is 11.5 Å². The molecule has 0 atom stereocenters. The molecule has 0 unspecified atom stereocenters. The minimum Gasteiger partial charge on any atom is -0.491 e. The van der Waals surface area contributed by atoms with Crippen molar-refractivity contribution in [1.82, 2.24) is 0 Å². The highest BCUT2D eigenvalue weighted by Crippen LogP contribution is 2.27. The van der Waals surface area contributed by atoms with Gasteiger partial charge in [0.05, 0.1) is 29.9 Å². The van der Waals surface area contributed by atoms with Gasteiger partial charge in [-0.2, -0.15) is 0 Å². The predicted octanol–water partition coefficient (Wildman–Crippen LogP) is 4.14. The number of nitrogens with one attached hydrogen (secondary N) is 1. The fourth-order valence-corrected chi connectivity index (χ4v) is 2.50. The number of hydrogen-bond donors (Lipinski definition) is 2. The maximum Gasteiger partial charge on any atom is 0.335 e. The summed E-state index contributed by atoms with van der Waals surface area (Å²) in [6.07, 6.45) is 0.0676. The monoisotopic (exact) mass is 371 g/mol. The quantitative estimate of drug-likeness (QED) is 0.728. The Bertz CT molecular complexity index is 814. The van der Waals surface area contributed by atoms with Gasteiger partial charge in [-0.05, 0) is 63.6 Å². The number of aromatic carboxylic acids is 1. The van der Waals surface area contributed by atoms with Gasteiger partial charge < -0.3 is 19.9 Å². The van der Waals surface area contributed by atoms with Crippen LogP contribution in [0.25, 0.3) is 0 Å². The zero-order chi connectivity index (χ0) is 20.0. The number of hydrogen-bond acceptors (Lipinski definition) is 4.